The molecule has 0 aliphatic heterocycles. The van der Waals surface area contributed by atoms with E-state index in [9.17, 15) is 26.0 Å². The normalized spacial score (nSPS) is 11.7. The third kappa shape index (κ3) is 3.10. The smallest absolute Gasteiger partial charge is 0.207 e. The molecule has 0 fully saturated rings. The van der Waals surface area contributed by atoms with Gasteiger partial charge < -0.3 is 0 Å². The van der Waals surface area contributed by atoms with Crippen LogP contribution in [0.15, 0.2) is 34.1 Å². The molecular formula is C16H14F4O2S. The Morgan fingerprint density at radius 2 is 1.09 bits per heavy atom. The molecule has 2 aromatic rings. The van der Waals surface area contributed by atoms with Crippen molar-refractivity contribution >= 4 is 9.84 Å². The van der Waals surface area contributed by atoms with Crippen molar-refractivity contribution in [3.05, 3.63) is 58.7 Å². The highest BCUT2D eigenvalue weighted by molar-refractivity contribution is 7.91. The lowest BCUT2D eigenvalue weighted by molar-refractivity contribution is 0.548. The average Bonchev–Trinajstić information content (AvgIpc) is 2.45. The molecule has 2 aromatic carbocycles. The average molecular weight is 346 g/mol. The monoisotopic (exact) mass is 346 g/mol. The largest absolute Gasteiger partial charge is 0.218 e. The Hall–Kier alpha value is -1.89. The first kappa shape index (κ1) is 17.5. The highest BCUT2D eigenvalue weighted by Crippen LogP contribution is 2.31. The van der Waals surface area contributed by atoms with Gasteiger partial charge in [-0.2, -0.15) is 0 Å². The highest BCUT2D eigenvalue weighted by atomic mass is 32.2. The van der Waals surface area contributed by atoms with Crippen molar-refractivity contribution in [2.24, 2.45) is 0 Å². The first-order valence-electron chi connectivity index (χ1n) is 6.93. The molecule has 0 saturated carbocycles. The van der Waals surface area contributed by atoms with E-state index in [1.165, 1.54) is 13.8 Å². The summed E-state index contributed by atoms with van der Waals surface area (Å²) in [6, 6.07) is 2.48. The molecule has 2 nitrogen and oxygen atoms in total. The van der Waals surface area contributed by atoms with E-state index < -0.39 is 42.9 Å². The second kappa shape index (κ2) is 6.31. The minimum atomic E-state index is -4.47. The summed E-state index contributed by atoms with van der Waals surface area (Å²) in [5.41, 5.74) is -0.448. The number of rotatable bonds is 4. The van der Waals surface area contributed by atoms with Crippen LogP contribution < -0.4 is 0 Å². The van der Waals surface area contributed by atoms with E-state index in [0.717, 1.165) is 0 Å². The zero-order valence-electron chi connectivity index (χ0n) is 12.5. The maximum Gasteiger partial charge on any atom is 0.207 e. The first-order valence-corrected chi connectivity index (χ1v) is 8.41. The molecule has 2 rings (SSSR count). The van der Waals surface area contributed by atoms with Crippen LogP contribution in [0.3, 0.4) is 0 Å². The van der Waals surface area contributed by atoms with Crippen LogP contribution in [0.2, 0.25) is 0 Å². The molecule has 0 aliphatic rings. The minimum Gasteiger partial charge on any atom is -0.218 e. The van der Waals surface area contributed by atoms with Crippen molar-refractivity contribution in [1.82, 2.24) is 0 Å². The molecule has 0 spiro atoms. The van der Waals surface area contributed by atoms with Gasteiger partial charge in [0.05, 0.1) is 9.79 Å². The van der Waals surface area contributed by atoms with Crippen molar-refractivity contribution in [3.8, 4) is 0 Å². The second-order valence-electron chi connectivity index (χ2n) is 4.94. The molecule has 0 bridgehead atoms. The van der Waals surface area contributed by atoms with Gasteiger partial charge in [-0.05, 0) is 25.0 Å². The van der Waals surface area contributed by atoms with Gasteiger partial charge in [-0.15, -0.1) is 0 Å². The molecule has 124 valence electrons. The van der Waals surface area contributed by atoms with Gasteiger partial charge in [0.15, 0.2) is 0 Å². The van der Waals surface area contributed by atoms with Crippen LogP contribution in [-0.4, -0.2) is 8.42 Å². The van der Waals surface area contributed by atoms with Crippen molar-refractivity contribution in [2.75, 3.05) is 0 Å². The third-order valence-electron chi connectivity index (χ3n) is 3.52. The van der Waals surface area contributed by atoms with Crippen LogP contribution in [0.1, 0.15) is 25.0 Å². The number of hydrogen-bond donors (Lipinski definition) is 0. The molecule has 0 amide bonds. The fraction of sp³-hybridized carbons (Fsp3) is 0.250. The van der Waals surface area contributed by atoms with Gasteiger partial charge in [-0.3, -0.25) is 0 Å². The van der Waals surface area contributed by atoms with Gasteiger partial charge in [0.1, 0.15) is 23.3 Å². The zero-order valence-corrected chi connectivity index (χ0v) is 13.3. The van der Waals surface area contributed by atoms with E-state index in [0.29, 0.717) is 24.3 Å². The summed E-state index contributed by atoms with van der Waals surface area (Å²) in [6.07, 6.45) is -0.0279. The maximum absolute atomic E-state index is 13.8. The molecule has 0 unspecified atom stereocenters. The van der Waals surface area contributed by atoms with Crippen LogP contribution in [0.25, 0.3) is 0 Å². The summed E-state index contributed by atoms with van der Waals surface area (Å²) in [4.78, 5) is -1.23. The van der Waals surface area contributed by atoms with Crippen LogP contribution in [0, 0.1) is 23.3 Å². The standard InChI is InChI=1S/C16H14F4O2S/c1-3-11-13(19)5-9(17)7-15(11)23(21,22)16-8-10(18)6-14(20)12(16)4-2/h5-8H,3-4H2,1-2H3. The Balaban J connectivity index is 2.84. The highest BCUT2D eigenvalue weighted by Gasteiger charge is 2.28. The SMILES string of the molecule is CCc1c(F)cc(F)cc1S(=O)(=O)c1cc(F)cc(F)c1CC. The summed E-state index contributed by atoms with van der Waals surface area (Å²) in [5.74, 6) is -4.18. The predicted molar refractivity (Wildman–Crippen MR) is 76.9 cm³/mol. The molecule has 0 atom stereocenters. The van der Waals surface area contributed by atoms with Gasteiger partial charge in [0.2, 0.25) is 9.84 Å². The Labute approximate surface area is 131 Å². The van der Waals surface area contributed by atoms with Gasteiger partial charge in [-0.1, -0.05) is 13.8 Å². The van der Waals surface area contributed by atoms with E-state index in [1.54, 1.807) is 0 Å². The maximum atomic E-state index is 13.8. The molecule has 0 heterocycles. The number of sulfone groups is 1. The summed E-state index contributed by atoms with van der Waals surface area (Å²) in [6.45, 7) is 3.00. The lowest BCUT2D eigenvalue weighted by Crippen LogP contribution is -2.12. The molecule has 7 heteroatoms. The van der Waals surface area contributed by atoms with Crippen molar-refractivity contribution in [3.63, 3.8) is 0 Å². The molecule has 0 aliphatic carbocycles. The van der Waals surface area contributed by atoms with Gasteiger partial charge in [0.25, 0.3) is 0 Å². The van der Waals surface area contributed by atoms with Gasteiger partial charge in [-0.25, -0.2) is 26.0 Å². The Bertz CT molecular complexity index is 795. The van der Waals surface area contributed by atoms with Crippen molar-refractivity contribution in [1.29, 1.82) is 0 Å². The number of benzene rings is 2. The lowest BCUT2D eigenvalue weighted by atomic mass is 10.1. The summed E-state index contributed by atoms with van der Waals surface area (Å²) in [5, 5.41) is 0. The van der Waals surface area contributed by atoms with Crippen LogP contribution >= 0.6 is 0 Å². The molecule has 23 heavy (non-hydrogen) atoms. The Morgan fingerprint density at radius 3 is 1.39 bits per heavy atom. The lowest BCUT2D eigenvalue weighted by Gasteiger charge is -2.14. The predicted octanol–water partition coefficient (Wildman–Crippen LogP) is 4.20. The molecular weight excluding hydrogens is 332 g/mol. The van der Waals surface area contributed by atoms with Crippen LogP contribution in [-0.2, 0) is 22.7 Å². The quantitative estimate of drug-likeness (QED) is 0.778. The Morgan fingerprint density at radius 1 is 0.739 bits per heavy atom. The van der Waals surface area contributed by atoms with Crippen molar-refractivity contribution < 1.29 is 26.0 Å². The fourth-order valence-corrected chi connectivity index (χ4v) is 4.35. The van der Waals surface area contributed by atoms with E-state index in [2.05, 4.69) is 0 Å². The fourth-order valence-electron chi connectivity index (χ4n) is 2.44. The van der Waals surface area contributed by atoms with E-state index in [4.69, 9.17) is 0 Å². The zero-order chi connectivity index (χ0) is 17.4. The number of halogens is 4. The first-order chi connectivity index (χ1) is 10.7. The summed E-state index contributed by atoms with van der Waals surface area (Å²) >= 11 is 0. The Kier molecular flexibility index (Phi) is 4.79. The van der Waals surface area contributed by atoms with Gasteiger partial charge in [0, 0.05) is 23.3 Å². The van der Waals surface area contributed by atoms with Crippen LogP contribution in [0.4, 0.5) is 17.6 Å². The van der Waals surface area contributed by atoms with Crippen LogP contribution in [0.5, 0.6) is 0 Å². The third-order valence-corrected chi connectivity index (χ3v) is 5.41. The van der Waals surface area contributed by atoms with E-state index >= 15 is 0 Å². The second-order valence-corrected chi connectivity index (χ2v) is 6.83. The molecule has 0 saturated heterocycles. The summed E-state index contributed by atoms with van der Waals surface area (Å²) in [7, 11) is -4.47. The van der Waals surface area contributed by atoms with E-state index in [1.807, 2.05) is 0 Å². The molecule has 0 N–H and O–H groups in total. The topological polar surface area (TPSA) is 34.1 Å². The molecule has 0 aromatic heterocycles. The minimum absolute atomic E-state index is 0.0140. The van der Waals surface area contributed by atoms with Crippen molar-refractivity contribution in [2.45, 2.75) is 36.5 Å². The molecule has 0 radical (unpaired) electrons. The van der Waals surface area contributed by atoms with Gasteiger partial charge >= 0.3 is 0 Å². The summed E-state index contributed by atoms with van der Waals surface area (Å²) < 4.78 is 80.1. The van der Waals surface area contributed by atoms with E-state index in [-0.39, 0.29) is 24.0 Å². The number of hydrogen-bond acceptors (Lipinski definition) is 2.